The summed E-state index contributed by atoms with van der Waals surface area (Å²) >= 11 is 0. The molecule has 0 fully saturated rings. The van der Waals surface area contributed by atoms with E-state index in [9.17, 15) is 10.2 Å². The first-order valence-electron chi connectivity index (χ1n) is 12.6. The van der Waals surface area contributed by atoms with Crippen LogP contribution in [0.2, 0.25) is 0 Å². The number of phenolic OH excluding ortho intramolecular Hbond substituents is 2. The molecule has 0 saturated carbocycles. The van der Waals surface area contributed by atoms with Crippen molar-refractivity contribution in [2.45, 2.75) is 19.3 Å². The van der Waals surface area contributed by atoms with E-state index in [2.05, 4.69) is 97.9 Å². The fourth-order valence-electron chi connectivity index (χ4n) is 5.74. The molecule has 6 aromatic rings. The molecule has 6 aromatic carbocycles. The highest BCUT2D eigenvalue weighted by Crippen LogP contribution is 2.49. The minimum Gasteiger partial charge on any atom is -0.508 e. The predicted octanol–water partition coefficient (Wildman–Crippen LogP) is 8.73. The molecule has 0 spiro atoms. The lowest BCUT2D eigenvalue weighted by molar-refractivity contribution is 0.454. The Morgan fingerprint density at radius 1 is 0.514 bits per heavy atom. The molecule has 0 aromatic heterocycles. The highest BCUT2D eigenvalue weighted by Gasteiger charge is 2.37. The molecule has 0 saturated heterocycles. The summed E-state index contributed by atoms with van der Waals surface area (Å²) in [5.74, 6) is 0.529. The van der Waals surface area contributed by atoms with Crippen LogP contribution in [-0.4, -0.2) is 10.2 Å². The monoisotopic (exact) mass is 480 g/mol. The van der Waals surface area contributed by atoms with Crippen LogP contribution in [0.1, 0.15) is 29.2 Å². The van der Waals surface area contributed by atoms with Crippen molar-refractivity contribution in [1.82, 2.24) is 0 Å². The number of rotatable bonds is 4. The number of fused-ring (bicyclic) bond motifs is 2. The van der Waals surface area contributed by atoms with E-state index in [4.69, 9.17) is 0 Å². The summed E-state index contributed by atoms with van der Waals surface area (Å²) < 4.78 is 0. The second-order valence-corrected chi connectivity index (χ2v) is 9.91. The Morgan fingerprint density at radius 2 is 1.03 bits per heavy atom. The Morgan fingerprint density at radius 3 is 1.59 bits per heavy atom. The van der Waals surface area contributed by atoms with Crippen LogP contribution >= 0.6 is 0 Å². The van der Waals surface area contributed by atoms with E-state index in [1.165, 1.54) is 0 Å². The molecule has 37 heavy (non-hydrogen) atoms. The predicted molar refractivity (Wildman–Crippen MR) is 153 cm³/mol. The largest absolute Gasteiger partial charge is 0.508 e. The van der Waals surface area contributed by atoms with E-state index < -0.39 is 5.41 Å². The Balaban J connectivity index is 1.74. The minimum absolute atomic E-state index is 0.232. The molecule has 0 aliphatic heterocycles. The van der Waals surface area contributed by atoms with Gasteiger partial charge in [-0.3, -0.25) is 0 Å². The van der Waals surface area contributed by atoms with Gasteiger partial charge >= 0.3 is 0 Å². The molecule has 0 aliphatic carbocycles. The third kappa shape index (κ3) is 3.73. The number of benzene rings is 6. The van der Waals surface area contributed by atoms with E-state index in [1.54, 1.807) is 12.1 Å². The molecule has 0 atom stereocenters. The van der Waals surface area contributed by atoms with Gasteiger partial charge in [0.2, 0.25) is 0 Å². The summed E-state index contributed by atoms with van der Waals surface area (Å²) in [7, 11) is 0. The molecule has 2 nitrogen and oxygen atoms in total. The number of phenols is 2. The fraction of sp³-hybridized carbons (Fsp3) is 0.0857. The normalized spacial score (nSPS) is 11.7. The summed E-state index contributed by atoms with van der Waals surface area (Å²) in [6.45, 7) is 4.18. The van der Waals surface area contributed by atoms with Crippen molar-refractivity contribution in [1.29, 1.82) is 0 Å². The van der Waals surface area contributed by atoms with Crippen LogP contribution in [0.3, 0.4) is 0 Å². The van der Waals surface area contributed by atoms with Crippen LogP contribution in [0.25, 0.3) is 32.7 Å². The van der Waals surface area contributed by atoms with Crippen LogP contribution in [0.5, 0.6) is 11.5 Å². The van der Waals surface area contributed by atoms with Gasteiger partial charge < -0.3 is 10.2 Å². The highest BCUT2D eigenvalue weighted by atomic mass is 16.3. The maximum Gasteiger partial charge on any atom is 0.122 e. The van der Waals surface area contributed by atoms with Gasteiger partial charge in [0, 0.05) is 11.0 Å². The quantitative estimate of drug-likeness (QED) is 0.248. The summed E-state index contributed by atoms with van der Waals surface area (Å²) in [6.07, 6.45) is 0. The van der Waals surface area contributed by atoms with Crippen molar-refractivity contribution in [3.8, 4) is 22.6 Å². The van der Waals surface area contributed by atoms with E-state index >= 15 is 0 Å². The number of hydrogen-bond donors (Lipinski definition) is 2. The van der Waals surface area contributed by atoms with Gasteiger partial charge in [0.25, 0.3) is 0 Å². The van der Waals surface area contributed by atoms with Crippen molar-refractivity contribution in [2.75, 3.05) is 0 Å². The van der Waals surface area contributed by atoms with Crippen molar-refractivity contribution < 1.29 is 10.2 Å². The second kappa shape index (κ2) is 8.83. The lowest BCUT2D eigenvalue weighted by atomic mass is 9.67. The molecule has 180 valence electrons. The average molecular weight is 481 g/mol. The zero-order valence-electron chi connectivity index (χ0n) is 20.9. The zero-order valence-corrected chi connectivity index (χ0v) is 20.9. The SMILES string of the molecule is Cc1cc(-c2ccc(O)cc2)cc(C(C)(c2cccc3ccccc23)c2cccc3ccccc23)c1O. The van der Waals surface area contributed by atoms with Crippen molar-refractivity contribution >= 4 is 21.5 Å². The first-order chi connectivity index (χ1) is 18.0. The van der Waals surface area contributed by atoms with E-state index in [0.29, 0.717) is 5.75 Å². The van der Waals surface area contributed by atoms with Crippen LogP contribution in [0, 0.1) is 6.92 Å². The topological polar surface area (TPSA) is 40.5 Å². The number of aryl methyl sites for hydroxylation is 1. The Hall–Kier alpha value is -4.56. The maximum absolute atomic E-state index is 11.7. The minimum atomic E-state index is -0.663. The van der Waals surface area contributed by atoms with Gasteiger partial charge in [0.1, 0.15) is 11.5 Å². The fourth-order valence-corrected chi connectivity index (χ4v) is 5.74. The van der Waals surface area contributed by atoms with Gasteiger partial charge in [-0.05, 0) is 87.5 Å². The van der Waals surface area contributed by atoms with Gasteiger partial charge in [-0.15, -0.1) is 0 Å². The molecule has 2 N–H and O–H groups in total. The summed E-state index contributed by atoms with van der Waals surface area (Å²) in [5, 5.41) is 26.2. The first-order valence-corrected chi connectivity index (χ1v) is 12.6. The summed E-state index contributed by atoms with van der Waals surface area (Å²) in [5.41, 5.74) is 5.26. The van der Waals surface area contributed by atoms with Crippen LogP contribution in [0.4, 0.5) is 0 Å². The number of hydrogen-bond acceptors (Lipinski definition) is 2. The summed E-state index contributed by atoms with van der Waals surface area (Å²) in [4.78, 5) is 0. The lowest BCUT2D eigenvalue weighted by Gasteiger charge is -2.35. The third-order valence-corrected chi connectivity index (χ3v) is 7.70. The lowest BCUT2D eigenvalue weighted by Crippen LogP contribution is -2.26. The van der Waals surface area contributed by atoms with E-state index in [-0.39, 0.29) is 5.75 Å². The third-order valence-electron chi connectivity index (χ3n) is 7.70. The molecule has 6 rings (SSSR count). The van der Waals surface area contributed by atoms with Crippen LogP contribution in [0.15, 0.2) is 121 Å². The van der Waals surface area contributed by atoms with Crippen molar-refractivity contribution in [2.24, 2.45) is 0 Å². The highest BCUT2D eigenvalue weighted by molar-refractivity contribution is 5.93. The second-order valence-electron chi connectivity index (χ2n) is 9.91. The van der Waals surface area contributed by atoms with Crippen LogP contribution < -0.4 is 0 Å². The van der Waals surface area contributed by atoms with Gasteiger partial charge in [-0.1, -0.05) is 97.1 Å². The maximum atomic E-state index is 11.7. The van der Waals surface area contributed by atoms with Gasteiger partial charge in [0.15, 0.2) is 0 Å². The standard InChI is InChI=1S/C35H28O2/c1-23-21-27(24-17-19-28(36)20-18-24)22-33(34(23)37)35(2,31-15-7-11-25-9-3-5-13-29(25)31)32-16-8-12-26-10-4-6-14-30(26)32/h3-22,36-37H,1-2H3. The number of aromatic hydroxyl groups is 2. The Kier molecular flexibility index (Phi) is 5.46. The molecule has 0 amide bonds. The molecule has 0 aliphatic rings. The van der Waals surface area contributed by atoms with E-state index in [0.717, 1.165) is 54.9 Å². The summed E-state index contributed by atoms with van der Waals surface area (Å²) in [6, 6.07) is 41.1. The Bertz CT molecular complexity index is 1670. The van der Waals surface area contributed by atoms with Gasteiger partial charge in [-0.2, -0.15) is 0 Å². The average Bonchev–Trinajstić information content (AvgIpc) is 2.94. The molecular weight excluding hydrogens is 452 g/mol. The van der Waals surface area contributed by atoms with E-state index in [1.807, 2.05) is 25.1 Å². The molecule has 0 radical (unpaired) electrons. The molecule has 0 heterocycles. The van der Waals surface area contributed by atoms with Gasteiger partial charge in [-0.25, -0.2) is 0 Å². The first kappa shape index (κ1) is 22.9. The zero-order chi connectivity index (χ0) is 25.6. The molecule has 0 bridgehead atoms. The molecular formula is C35H28O2. The smallest absolute Gasteiger partial charge is 0.122 e. The van der Waals surface area contributed by atoms with Crippen LogP contribution in [-0.2, 0) is 5.41 Å². The van der Waals surface area contributed by atoms with Crippen molar-refractivity contribution in [3.05, 3.63) is 144 Å². The molecule has 0 unspecified atom stereocenters. The van der Waals surface area contributed by atoms with Gasteiger partial charge in [0.05, 0.1) is 0 Å². The van der Waals surface area contributed by atoms with Crippen molar-refractivity contribution in [3.63, 3.8) is 0 Å². The Labute approximate surface area is 217 Å². The molecule has 2 heteroatoms.